The zero-order valence-electron chi connectivity index (χ0n) is 12.4. The Morgan fingerprint density at radius 3 is 2.54 bits per heavy atom. The number of nitrogens with zero attached hydrogens (tertiary/aromatic N) is 2. The molecule has 3 rings (SSSR count). The second-order valence-electron chi connectivity index (χ2n) is 4.69. The van der Waals surface area contributed by atoms with Crippen LogP contribution in [0.3, 0.4) is 0 Å². The predicted molar refractivity (Wildman–Crippen MR) is 89.2 cm³/mol. The van der Waals surface area contributed by atoms with Gasteiger partial charge in [-0.3, -0.25) is 5.32 Å². The summed E-state index contributed by atoms with van der Waals surface area (Å²) in [6.45, 7) is 0.109. The molecular weight excluding hydrogens is 332 g/mol. The summed E-state index contributed by atoms with van der Waals surface area (Å²) in [6.07, 6.45) is 0. The van der Waals surface area contributed by atoms with Crippen molar-refractivity contribution in [3.05, 3.63) is 65.5 Å². The molecule has 2 aromatic carbocycles. The first-order chi connectivity index (χ1) is 11.7. The maximum Gasteiger partial charge on any atom is 0.327 e. The average molecular weight is 345 g/mol. The molecule has 1 heterocycles. The van der Waals surface area contributed by atoms with E-state index in [0.29, 0.717) is 16.5 Å². The van der Waals surface area contributed by atoms with Gasteiger partial charge in [0.05, 0.1) is 0 Å². The fourth-order valence-corrected chi connectivity index (χ4v) is 1.94. The molecule has 0 atom stereocenters. The van der Waals surface area contributed by atoms with Crippen LogP contribution in [-0.2, 0) is 6.61 Å². The molecule has 2 amide bonds. The number of ether oxygens (including phenoxy) is 1. The number of nitrogens with one attached hydrogen (secondary N) is 2. The molecule has 0 aliphatic rings. The molecule has 8 heteroatoms. The first kappa shape index (κ1) is 15.8. The van der Waals surface area contributed by atoms with Crippen molar-refractivity contribution in [1.29, 1.82) is 0 Å². The summed E-state index contributed by atoms with van der Waals surface area (Å²) in [5.74, 6) is 0.936. The van der Waals surface area contributed by atoms with Gasteiger partial charge in [0.2, 0.25) is 0 Å². The number of halogens is 1. The SMILES string of the molecule is O=C(Nc1ccc(Cl)cc1)Nc1nnc(COc2ccccc2)o1. The molecule has 24 heavy (non-hydrogen) atoms. The van der Waals surface area contributed by atoms with Gasteiger partial charge in [0.1, 0.15) is 5.75 Å². The summed E-state index contributed by atoms with van der Waals surface area (Å²) in [7, 11) is 0. The Bertz CT molecular complexity index is 806. The van der Waals surface area contributed by atoms with E-state index in [1.54, 1.807) is 24.3 Å². The number of aromatic nitrogens is 2. The summed E-state index contributed by atoms with van der Waals surface area (Å²) in [6, 6.07) is 15.4. The molecule has 7 nitrogen and oxygen atoms in total. The Morgan fingerprint density at radius 2 is 1.79 bits per heavy atom. The number of carbonyl (C=O) groups excluding carboxylic acids is 1. The lowest BCUT2D eigenvalue weighted by Crippen LogP contribution is -2.19. The number of para-hydroxylation sites is 1. The van der Waals surface area contributed by atoms with Crippen LogP contribution < -0.4 is 15.4 Å². The average Bonchev–Trinajstić information content (AvgIpc) is 3.03. The first-order valence-corrected chi connectivity index (χ1v) is 7.40. The normalized spacial score (nSPS) is 10.2. The minimum absolute atomic E-state index is 0.0203. The van der Waals surface area contributed by atoms with Gasteiger partial charge in [-0.2, -0.15) is 0 Å². The highest BCUT2D eigenvalue weighted by atomic mass is 35.5. The second kappa shape index (κ2) is 7.47. The van der Waals surface area contributed by atoms with Gasteiger partial charge in [0.15, 0.2) is 6.61 Å². The van der Waals surface area contributed by atoms with E-state index >= 15 is 0 Å². The highest BCUT2D eigenvalue weighted by molar-refractivity contribution is 6.30. The number of urea groups is 1. The fourth-order valence-electron chi connectivity index (χ4n) is 1.82. The lowest BCUT2D eigenvalue weighted by molar-refractivity contribution is 0.258. The van der Waals surface area contributed by atoms with Crippen LogP contribution in [0.15, 0.2) is 59.0 Å². The molecule has 0 spiro atoms. The minimum Gasteiger partial charge on any atom is -0.484 e. The second-order valence-corrected chi connectivity index (χ2v) is 5.13. The molecule has 2 N–H and O–H groups in total. The largest absolute Gasteiger partial charge is 0.484 e. The van der Waals surface area contributed by atoms with Gasteiger partial charge < -0.3 is 14.5 Å². The van der Waals surface area contributed by atoms with Gasteiger partial charge in [-0.1, -0.05) is 34.9 Å². The van der Waals surface area contributed by atoms with E-state index in [9.17, 15) is 4.79 Å². The molecule has 0 unspecified atom stereocenters. The number of hydrogen-bond donors (Lipinski definition) is 2. The van der Waals surface area contributed by atoms with E-state index in [1.165, 1.54) is 0 Å². The Labute approximate surface area is 142 Å². The number of carbonyl (C=O) groups is 1. The van der Waals surface area contributed by atoms with Gasteiger partial charge in [0, 0.05) is 10.7 Å². The number of hydrogen-bond acceptors (Lipinski definition) is 5. The highest BCUT2D eigenvalue weighted by Gasteiger charge is 2.10. The molecule has 0 saturated heterocycles. The van der Waals surface area contributed by atoms with Crippen LogP contribution in [0.25, 0.3) is 0 Å². The number of amides is 2. The molecule has 1 aromatic heterocycles. The first-order valence-electron chi connectivity index (χ1n) is 7.03. The third-order valence-corrected chi connectivity index (χ3v) is 3.15. The summed E-state index contributed by atoms with van der Waals surface area (Å²) < 4.78 is 10.8. The Balaban J connectivity index is 1.51. The third-order valence-electron chi connectivity index (χ3n) is 2.89. The van der Waals surface area contributed by atoms with Crippen molar-refractivity contribution in [3.63, 3.8) is 0 Å². The van der Waals surface area contributed by atoms with E-state index in [4.69, 9.17) is 20.8 Å². The van der Waals surface area contributed by atoms with Crippen LogP contribution in [0.1, 0.15) is 5.89 Å². The molecule has 3 aromatic rings. The van der Waals surface area contributed by atoms with E-state index in [1.807, 2.05) is 30.3 Å². The summed E-state index contributed by atoms with van der Waals surface area (Å²) in [5.41, 5.74) is 0.587. The van der Waals surface area contributed by atoms with E-state index < -0.39 is 6.03 Å². The van der Waals surface area contributed by atoms with Crippen LogP contribution in [0.2, 0.25) is 5.02 Å². The van der Waals surface area contributed by atoms with E-state index in [-0.39, 0.29) is 18.5 Å². The smallest absolute Gasteiger partial charge is 0.327 e. The lowest BCUT2D eigenvalue weighted by Gasteiger charge is -2.04. The number of benzene rings is 2. The van der Waals surface area contributed by atoms with Crippen LogP contribution in [-0.4, -0.2) is 16.2 Å². The monoisotopic (exact) mass is 344 g/mol. The van der Waals surface area contributed by atoms with Crippen LogP contribution >= 0.6 is 11.6 Å². The van der Waals surface area contributed by atoms with Crippen molar-refractivity contribution in [2.24, 2.45) is 0 Å². The van der Waals surface area contributed by atoms with E-state index in [0.717, 1.165) is 0 Å². The quantitative estimate of drug-likeness (QED) is 0.731. The number of anilines is 2. The maximum atomic E-state index is 11.8. The minimum atomic E-state index is -0.503. The van der Waals surface area contributed by atoms with Crippen molar-refractivity contribution < 1.29 is 13.9 Å². The summed E-state index contributed by atoms with van der Waals surface area (Å²) >= 11 is 5.78. The maximum absolute atomic E-state index is 11.8. The van der Waals surface area contributed by atoms with Crippen molar-refractivity contribution in [2.75, 3.05) is 10.6 Å². The zero-order chi connectivity index (χ0) is 16.8. The Kier molecular flexibility index (Phi) is 4.93. The highest BCUT2D eigenvalue weighted by Crippen LogP contribution is 2.15. The molecule has 0 bridgehead atoms. The molecular formula is C16H13ClN4O3. The molecule has 122 valence electrons. The van der Waals surface area contributed by atoms with Crippen LogP contribution in [0.4, 0.5) is 16.5 Å². The molecule has 0 saturated carbocycles. The summed E-state index contributed by atoms with van der Waals surface area (Å²) in [4.78, 5) is 11.8. The van der Waals surface area contributed by atoms with Gasteiger partial charge in [-0.25, -0.2) is 4.79 Å². The molecule has 0 aliphatic carbocycles. The van der Waals surface area contributed by atoms with Gasteiger partial charge >= 0.3 is 12.0 Å². The molecule has 0 fully saturated rings. The van der Waals surface area contributed by atoms with Crippen LogP contribution in [0.5, 0.6) is 5.75 Å². The standard InChI is InChI=1S/C16H13ClN4O3/c17-11-6-8-12(9-7-11)18-15(22)19-16-21-20-14(24-16)10-23-13-4-2-1-3-5-13/h1-9H,10H2,(H2,18,19,21,22). The predicted octanol–water partition coefficient (Wildman–Crippen LogP) is 3.95. The van der Waals surface area contributed by atoms with Gasteiger partial charge in [0.25, 0.3) is 5.89 Å². The topological polar surface area (TPSA) is 89.3 Å². The summed E-state index contributed by atoms with van der Waals surface area (Å²) in [5, 5.41) is 13.2. The Hall–Kier alpha value is -3.06. The van der Waals surface area contributed by atoms with Crippen molar-refractivity contribution in [3.8, 4) is 5.75 Å². The van der Waals surface area contributed by atoms with Crippen molar-refractivity contribution in [1.82, 2.24) is 10.2 Å². The third kappa shape index (κ3) is 4.47. The number of rotatable bonds is 5. The zero-order valence-corrected chi connectivity index (χ0v) is 13.2. The van der Waals surface area contributed by atoms with Crippen LogP contribution in [0, 0.1) is 0 Å². The molecule has 0 aliphatic heterocycles. The lowest BCUT2D eigenvalue weighted by atomic mass is 10.3. The van der Waals surface area contributed by atoms with E-state index in [2.05, 4.69) is 20.8 Å². The van der Waals surface area contributed by atoms with Crippen molar-refractivity contribution >= 4 is 29.3 Å². The van der Waals surface area contributed by atoms with Gasteiger partial charge in [-0.15, -0.1) is 5.10 Å². The Morgan fingerprint density at radius 1 is 1.04 bits per heavy atom. The fraction of sp³-hybridized carbons (Fsp3) is 0.0625. The van der Waals surface area contributed by atoms with Gasteiger partial charge in [-0.05, 0) is 36.4 Å². The van der Waals surface area contributed by atoms with Crippen molar-refractivity contribution in [2.45, 2.75) is 6.61 Å². The molecule has 0 radical (unpaired) electrons.